The molecular weight excluding hydrogens is 292 g/mol. The normalized spacial score (nSPS) is 12.9. The Bertz CT molecular complexity index is 677. The van der Waals surface area contributed by atoms with Gasteiger partial charge in [0.05, 0.1) is 11.0 Å². The molecule has 0 radical (unpaired) electrons. The quantitative estimate of drug-likeness (QED) is 0.862. The number of hydrogen-bond acceptors (Lipinski definition) is 4. The van der Waals surface area contributed by atoms with Crippen LogP contribution in [0.4, 0.5) is 0 Å². The smallest absolute Gasteiger partial charge is 0.321 e. The van der Waals surface area contributed by atoms with Crippen molar-refractivity contribution >= 4 is 16.0 Å². The first-order valence-corrected chi connectivity index (χ1v) is 7.84. The van der Waals surface area contributed by atoms with Crippen LogP contribution in [0.15, 0.2) is 23.1 Å². The van der Waals surface area contributed by atoms with Gasteiger partial charge >= 0.3 is 5.97 Å². The van der Waals surface area contributed by atoms with Gasteiger partial charge in [-0.2, -0.15) is 9.57 Å². The van der Waals surface area contributed by atoms with Crippen molar-refractivity contribution in [2.24, 2.45) is 0 Å². The fourth-order valence-electron chi connectivity index (χ4n) is 1.82. The third-order valence-electron chi connectivity index (χ3n) is 3.32. The number of nitriles is 1. The number of nitrogens with zero attached hydrogens (tertiary/aromatic N) is 2. The van der Waals surface area contributed by atoms with E-state index in [-0.39, 0.29) is 17.9 Å². The lowest BCUT2D eigenvalue weighted by Crippen LogP contribution is -2.43. The van der Waals surface area contributed by atoms with Gasteiger partial charge in [0, 0.05) is 13.0 Å². The van der Waals surface area contributed by atoms with E-state index in [0.717, 1.165) is 15.4 Å². The van der Waals surface area contributed by atoms with Crippen LogP contribution in [-0.2, 0) is 14.8 Å². The van der Waals surface area contributed by atoms with Crippen molar-refractivity contribution in [1.29, 1.82) is 5.26 Å². The van der Waals surface area contributed by atoms with Gasteiger partial charge in [-0.05, 0) is 44.0 Å². The zero-order valence-corrected chi connectivity index (χ0v) is 13.0. The summed E-state index contributed by atoms with van der Waals surface area (Å²) in [4.78, 5) is 11.2. The molecule has 6 nitrogen and oxygen atoms in total. The molecule has 1 aromatic rings. The molecule has 0 aliphatic carbocycles. The molecule has 0 saturated heterocycles. The van der Waals surface area contributed by atoms with E-state index in [9.17, 15) is 13.2 Å². The first-order valence-electron chi connectivity index (χ1n) is 6.40. The number of carboxylic acid groups (broad SMARTS) is 1. The standard InChI is InChI=1S/C14H18N2O4S/c1-10-5-6-13(9-11(10)2)21(19,20)16(8-4-7-15)12(3)14(17)18/h5-6,9,12H,4,8H2,1-3H3,(H,17,18). The van der Waals surface area contributed by atoms with Gasteiger partial charge in [-0.15, -0.1) is 0 Å². The highest BCUT2D eigenvalue weighted by Gasteiger charge is 2.32. The van der Waals surface area contributed by atoms with Crippen LogP contribution in [0.3, 0.4) is 0 Å². The molecule has 114 valence electrons. The van der Waals surface area contributed by atoms with E-state index in [2.05, 4.69) is 0 Å². The molecule has 0 fully saturated rings. The molecular formula is C14H18N2O4S. The lowest BCUT2D eigenvalue weighted by Gasteiger charge is -2.25. The first-order chi connectivity index (χ1) is 9.71. The van der Waals surface area contributed by atoms with Crippen LogP contribution < -0.4 is 0 Å². The van der Waals surface area contributed by atoms with E-state index in [1.165, 1.54) is 19.1 Å². The average molecular weight is 310 g/mol. The van der Waals surface area contributed by atoms with E-state index >= 15 is 0 Å². The summed E-state index contributed by atoms with van der Waals surface area (Å²) >= 11 is 0. The molecule has 0 bridgehead atoms. The molecule has 1 N–H and O–H groups in total. The van der Waals surface area contributed by atoms with E-state index in [1.807, 2.05) is 13.0 Å². The molecule has 0 aliphatic rings. The molecule has 1 rings (SSSR count). The Hall–Kier alpha value is -1.91. The summed E-state index contributed by atoms with van der Waals surface area (Å²) in [7, 11) is -3.96. The molecule has 1 unspecified atom stereocenters. The number of sulfonamides is 1. The van der Waals surface area contributed by atoms with Gasteiger partial charge in [-0.1, -0.05) is 6.07 Å². The summed E-state index contributed by atoms with van der Waals surface area (Å²) in [6, 6.07) is 5.24. The second-order valence-corrected chi connectivity index (χ2v) is 6.67. The van der Waals surface area contributed by atoms with Crippen LogP contribution in [0, 0.1) is 25.2 Å². The predicted octanol–water partition coefficient (Wildman–Crippen LogP) is 1.68. The van der Waals surface area contributed by atoms with Crippen molar-refractivity contribution in [1.82, 2.24) is 4.31 Å². The Morgan fingerprint density at radius 3 is 2.48 bits per heavy atom. The van der Waals surface area contributed by atoms with Crippen molar-refractivity contribution in [2.45, 2.75) is 38.1 Å². The van der Waals surface area contributed by atoms with Crippen LogP contribution in [-0.4, -0.2) is 36.4 Å². The Kier molecular flexibility index (Phi) is 5.47. The third kappa shape index (κ3) is 3.80. The number of aliphatic carboxylic acids is 1. The van der Waals surface area contributed by atoms with Crippen LogP contribution in [0.5, 0.6) is 0 Å². The second-order valence-electron chi connectivity index (χ2n) is 4.78. The van der Waals surface area contributed by atoms with E-state index in [4.69, 9.17) is 10.4 Å². The minimum atomic E-state index is -3.96. The van der Waals surface area contributed by atoms with Gasteiger partial charge in [0.25, 0.3) is 0 Å². The fourth-order valence-corrected chi connectivity index (χ4v) is 3.49. The highest BCUT2D eigenvalue weighted by molar-refractivity contribution is 7.89. The van der Waals surface area contributed by atoms with Gasteiger partial charge in [-0.3, -0.25) is 4.79 Å². The summed E-state index contributed by atoms with van der Waals surface area (Å²) < 4.78 is 26.1. The summed E-state index contributed by atoms with van der Waals surface area (Å²) in [5, 5.41) is 17.7. The van der Waals surface area contributed by atoms with E-state index in [1.54, 1.807) is 13.0 Å². The molecule has 1 atom stereocenters. The zero-order chi connectivity index (χ0) is 16.2. The zero-order valence-electron chi connectivity index (χ0n) is 12.2. The third-order valence-corrected chi connectivity index (χ3v) is 5.28. The van der Waals surface area contributed by atoms with Crippen molar-refractivity contribution in [3.8, 4) is 6.07 Å². The Labute approximate surface area is 124 Å². The molecule has 0 spiro atoms. The first kappa shape index (κ1) is 17.1. The van der Waals surface area contributed by atoms with Crippen molar-refractivity contribution in [2.75, 3.05) is 6.54 Å². The highest BCUT2D eigenvalue weighted by atomic mass is 32.2. The molecule has 0 aliphatic heterocycles. The van der Waals surface area contributed by atoms with Gasteiger partial charge in [0.1, 0.15) is 6.04 Å². The molecule has 7 heteroatoms. The van der Waals surface area contributed by atoms with Crippen LogP contribution >= 0.6 is 0 Å². The Balaban J connectivity index is 3.29. The lowest BCUT2D eigenvalue weighted by molar-refractivity contribution is -0.140. The lowest BCUT2D eigenvalue weighted by atomic mass is 10.1. The number of rotatable bonds is 6. The summed E-state index contributed by atoms with van der Waals surface area (Å²) in [6.45, 7) is 4.78. The monoisotopic (exact) mass is 310 g/mol. The number of carbonyl (C=O) groups is 1. The van der Waals surface area contributed by atoms with Gasteiger partial charge in [0.15, 0.2) is 0 Å². The summed E-state index contributed by atoms with van der Waals surface area (Å²) in [5.74, 6) is -1.25. The largest absolute Gasteiger partial charge is 0.480 e. The molecule has 0 saturated carbocycles. The Morgan fingerprint density at radius 2 is 2.00 bits per heavy atom. The number of hydrogen-bond donors (Lipinski definition) is 1. The number of benzene rings is 1. The maximum absolute atomic E-state index is 12.6. The Morgan fingerprint density at radius 1 is 1.38 bits per heavy atom. The maximum atomic E-state index is 12.6. The van der Waals surface area contributed by atoms with E-state index < -0.39 is 22.0 Å². The van der Waals surface area contributed by atoms with Gasteiger partial charge in [0.2, 0.25) is 10.0 Å². The highest BCUT2D eigenvalue weighted by Crippen LogP contribution is 2.21. The molecule has 1 aromatic carbocycles. The van der Waals surface area contributed by atoms with Crippen LogP contribution in [0.25, 0.3) is 0 Å². The topological polar surface area (TPSA) is 98.5 Å². The molecule has 21 heavy (non-hydrogen) atoms. The van der Waals surface area contributed by atoms with Gasteiger partial charge < -0.3 is 5.11 Å². The average Bonchev–Trinajstić information content (AvgIpc) is 2.41. The van der Waals surface area contributed by atoms with Crippen molar-refractivity contribution in [3.63, 3.8) is 0 Å². The van der Waals surface area contributed by atoms with Crippen LogP contribution in [0.2, 0.25) is 0 Å². The fraction of sp³-hybridized carbons (Fsp3) is 0.429. The second kappa shape index (κ2) is 6.70. The van der Waals surface area contributed by atoms with Crippen LogP contribution in [0.1, 0.15) is 24.5 Å². The minimum absolute atomic E-state index is 0.0386. The molecule has 0 amide bonds. The van der Waals surface area contributed by atoms with Gasteiger partial charge in [-0.25, -0.2) is 8.42 Å². The number of aryl methyl sites for hydroxylation is 2. The van der Waals surface area contributed by atoms with Crippen molar-refractivity contribution < 1.29 is 18.3 Å². The predicted molar refractivity (Wildman–Crippen MR) is 77.1 cm³/mol. The SMILES string of the molecule is Cc1ccc(S(=O)(=O)N(CCC#N)C(C)C(=O)O)cc1C. The molecule has 0 heterocycles. The number of carboxylic acids is 1. The minimum Gasteiger partial charge on any atom is -0.480 e. The van der Waals surface area contributed by atoms with E-state index in [0.29, 0.717) is 0 Å². The summed E-state index contributed by atoms with van der Waals surface area (Å²) in [5.41, 5.74) is 1.75. The maximum Gasteiger partial charge on any atom is 0.321 e. The van der Waals surface area contributed by atoms with Crippen molar-refractivity contribution in [3.05, 3.63) is 29.3 Å². The summed E-state index contributed by atoms with van der Waals surface area (Å²) in [6.07, 6.45) is -0.0678. The molecule has 0 aromatic heterocycles.